The zero-order valence-corrected chi connectivity index (χ0v) is 14.6. The van der Waals surface area contributed by atoms with Gasteiger partial charge in [0, 0.05) is 70.4 Å². The largest absolute Gasteiger partial charge is 0.342 e. The first kappa shape index (κ1) is 17.3. The quantitative estimate of drug-likeness (QED) is 0.754. The molecule has 25 heavy (non-hydrogen) atoms. The summed E-state index contributed by atoms with van der Waals surface area (Å²) in [5.74, 6) is -0.157. The topological polar surface area (TPSA) is 86.7 Å². The van der Waals surface area contributed by atoms with Crippen molar-refractivity contribution < 1.29 is 14.4 Å². The molecule has 2 aliphatic rings. The Morgan fingerprint density at radius 3 is 2.48 bits per heavy atom. The fourth-order valence-corrected chi connectivity index (χ4v) is 3.75. The van der Waals surface area contributed by atoms with E-state index in [9.17, 15) is 14.4 Å². The maximum Gasteiger partial charge on any atom is 0.274 e. The molecule has 0 N–H and O–H groups in total. The Hall–Kier alpha value is -2.51. The minimum Gasteiger partial charge on any atom is -0.342 e. The lowest BCUT2D eigenvalue weighted by atomic mass is 9.85. The highest BCUT2D eigenvalue weighted by Crippen LogP contribution is 2.35. The Kier molecular flexibility index (Phi) is 4.69. The number of likely N-dealkylation sites (tertiary alicyclic amines) is 1. The summed E-state index contributed by atoms with van der Waals surface area (Å²) in [7, 11) is 0. The molecule has 8 heteroatoms. The molecular formula is C17H23N5O3. The summed E-state index contributed by atoms with van der Waals surface area (Å²) >= 11 is 0. The van der Waals surface area contributed by atoms with E-state index in [1.807, 2.05) is 6.92 Å². The van der Waals surface area contributed by atoms with Crippen LogP contribution in [-0.2, 0) is 9.59 Å². The van der Waals surface area contributed by atoms with Crippen LogP contribution < -0.4 is 0 Å². The van der Waals surface area contributed by atoms with E-state index in [-0.39, 0.29) is 23.4 Å². The van der Waals surface area contributed by atoms with Crippen LogP contribution in [-0.4, -0.2) is 81.7 Å². The van der Waals surface area contributed by atoms with Gasteiger partial charge in [-0.2, -0.15) is 0 Å². The van der Waals surface area contributed by atoms with Crippen molar-refractivity contribution in [3.63, 3.8) is 0 Å². The molecule has 0 radical (unpaired) electrons. The molecule has 8 nitrogen and oxygen atoms in total. The second-order valence-electron chi connectivity index (χ2n) is 6.84. The van der Waals surface area contributed by atoms with Crippen LogP contribution in [0.2, 0.25) is 0 Å². The van der Waals surface area contributed by atoms with Gasteiger partial charge in [0.05, 0.1) is 6.20 Å². The lowest BCUT2D eigenvalue weighted by molar-refractivity contribution is -0.130. The van der Waals surface area contributed by atoms with Gasteiger partial charge in [-0.25, -0.2) is 4.98 Å². The molecular weight excluding hydrogens is 322 g/mol. The molecule has 2 aliphatic heterocycles. The number of hydrogen-bond donors (Lipinski definition) is 0. The number of amides is 3. The molecule has 0 bridgehead atoms. The fraction of sp³-hybridized carbons (Fsp3) is 0.588. The van der Waals surface area contributed by atoms with Crippen molar-refractivity contribution in [2.45, 2.75) is 20.3 Å². The monoisotopic (exact) mass is 345 g/mol. The number of carbonyl (C=O) groups excluding carboxylic acids is 3. The first-order chi connectivity index (χ1) is 11.9. The van der Waals surface area contributed by atoms with Gasteiger partial charge in [-0.1, -0.05) is 0 Å². The third-order valence-corrected chi connectivity index (χ3v) is 4.99. The van der Waals surface area contributed by atoms with Gasteiger partial charge < -0.3 is 14.7 Å². The van der Waals surface area contributed by atoms with Gasteiger partial charge in [-0.15, -0.1) is 0 Å². The minimum absolute atomic E-state index is 0.0319. The second kappa shape index (κ2) is 6.78. The second-order valence-corrected chi connectivity index (χ2v) is 6.84. The third kappa shape index (κ3) is 3.47. The molecule has 1 aromatic heterocycles. The summed E-state index contributed by atoms with van der Waals surface area (Å²) in [6.07, 6.45) is 4.81. The smallest absolute Gasteiger partial charge is 0.274 e. The van der Waals surface area contributed by atoms with Crippen molar-refractivity contribution in [1.29, 1.82) is 0 Å². The summed E-state index contributed by atoms with van der Waals surface area (Å²) in [5.41, 5.74) is -0.141. The van der Waals surface area contributed by atoms with Crippen molar-refractivity contribution in [2.75, 3.05) is 39.3 Å². The highest BCUT2D eigenvalue weighted by molar-refractivity contribution is 5.92. The van der Waals surface area contributed by atoms with Gasteiger partial charge in [0.15, 0.2) is 0 Å². The van der Waals surface area contributed by atoms with Crippen molar-refractivity contribution in [1.82, 2.24) is 24.7 Å². The van der Waals surface area contributed by atoms with Crippen LogP contribution in [0.3, 0.4) is 0 Å². The van der Waals surface area contributed by atoms with Crippen molar-refractivity contribution in [3.8, 4) is 0 Å². The number of aromatic nitrogens is 2. The molecule has 2 saturated heterocycles. The maximum atomic E-state index is 12.8. The van der Waals surface area contributed by atoms with Crippen LogP contribution in [0.4, 0.5) is 0 Å². The minimum atomic E-state index is -0.423. The Labute approximate surface area is 146 Å². The van der Waals surface area contributed by atoms with E-state index < -0.39 is 5.41 Å². The molecule has 0 aliphatic carbocycles. The van der Waals surface area contributed by atoms with E-state index in [2.05, 4.69) is 9.97 Å². The van der Waals surface area contributed by atoms with E-state index in [1.165, 1.54) is 25.5 Å². The van der Waals surface area contributed by atoms with E-state index in [4.69, 9.17) is 0 Å². The molecule has 3 amide bonds. The van der Waals surface area contributed by atoms with Gasteiger partial charge in [0.2, 0.25) is 11.8 Å². The predicted octanol–water partition coefficient (Wildman–Crippen LogP) is 0.0195. The molecule has 134 valence electrons. The standard InChI is InChI=1S/C17H23N5O3/c1-3-20-10-17(8-15(20)24)11-21(13(2)23)6-7-22(12-17)16(25)14-9-18-4-5-19-14/h4-5,9H,3,6-8,10-12H2,1-2H3/t17-/m1/s1. The molecule has 0 aromatic carbocycles. The van der Waals surface area contributed by atoms with E-state index in [0.717, 1.165) is 0 Å². The zero-order chi connectivity index (χ0) is 18.0. The fourth-order valence-electron chi connectivity index (χ4n) is 3.75. The summed E-state index contributed by atoms with van der Waals surface area (Å²) in [5, 5.41) is 0. The Balaban J connectivity index is 1.88. The van der Waals surface area contributed by atoms with E-state index in [1.54, 1.807) is 14.7 Å². The molecule has 0 unspecified atom stereocenters. The van der Waals surface area contributed by atoms with Crippen LogP contribution in [0, 0.1) is 5.41 Å². The first-order valence-electron chi connectivity index (χ1n) is 8.53. The SMILES string of the molecule is CCN1C[C@]2(CC1=O)CN(C(C)=O)CCN(C(=O)c1cnccn1)C2. The summed E-state index contributed by atoms with van der Waals surface area (Å²) in [6, 6.07) is 0. The number of nitrogens with zero attached hydrogens (tertiary/aromatic N) is 5. The molecule has 0 saturated carbocycles. The number of hydrogen-bond acceptors (Lipinski definition) is 5. The van der Waals surface area contributed by atoms with Crippen LogP contribution >= 0.6 is 0 Å². The average molecular weight is 345 g/mol. The molecule has 3 heterocycles. The lowest BCUT2D eigenvalue weighted by Crippen LogP contribution is -2.45. The van der Waals surface area contributed by atoms with Crippen molar-refractivity contribution in [2.24, 2.45) is 5.41 Å². The Bertz CT molecular complexity index is 680. The predicted molar refractivity (Wildman–Crippen MR) is 89.5 cm³/mol. The summed E-state index contributed by atoms with van der Waals surface area (Å²) in [4.78, 5) is 50.4. The van der Waals surface area contributed by atoms with Gasteiger partial charge in [0.1, 0.15) is 5.69 Å². The molecule has 1 atom stereocenters. The Morgan fingerprint density at radius 1 is 1.16 bits per heavy atom. The highest BCUT2D eigenvalue weighted by Gasteiger charge is 2.47. The average Bonchev–Trinajstić information content (AvgIpc) is 2.80. The third-order valence-electron chi connectivity index (χ3n) is 4.99. The van der Waals surface area contributed by atoms with Crippen LogP contribution in [0.15, 0.2) is 18.6 Å². The van der Waals surface area contributed by atoms with Gasteiger partial charge >= 0.3 is 0 Å². The molecule has 1 spiro atoms. The van der Waals surface area contributed by atoms with Crippen LogP contribution in [0.5, 0.6) is 0 Å². The molecule has 3 rings (SSSR count). The maximum absolute atomic E-state index is 12.8. The van der Waals surface area contributed by atoms with Gasteiger partial charge in [0.25, 0.3) is 5.91 Å². The van der Waals surface area contributed by atoms with E-state index in [0.29, 0.717) is 45.7 Å². The molecule has 1 aromatic rings. The van der Waals surface area contributed by atoms with Crippen LogP contribution in [0.25, 0.3) is 0 Å². The number of carbonyl (C=O) groups is 3. The summed E-state index contributed by atoms with van der Waals surface area (Å²) < 4.78 is 0. The van der Waals surface area contributed by atoms with Gasteiger partial charge in [-0.05, 0) is 6.92 Å². The summed E-state index contributed by atoms with van der Waals surface area (Å²) in [6.45, 7) is 6.50. The van der Waals surface area contributed by atoms with Crippen molar-refractivity contribution in [3.05, 3.63) is 24.3 Å². The first-order valence-corrected chi connectivity index (χ1v) is 8.53. The molecule has 2 fully saturated rings. The normalized spacial score (nSPS) is 23.9. The van der Waals surface area contributed by atoms with Crippen LogP contribution in [0.1, 0.15) is 30.8 Å². The van der Waals surface area contributed by atoms with Gasteiger partial charge in [-0.3, -0.25) is 19.4 Å². The lowest BCUT2D eigenvalue weighted by Gasteiger charge is -2.33. The van der Waals surface area contributed by atoms with E-state index >= 15 is 0 Å². The number of rotatable bonds is 2. The Morgan fingerprint density at radius 2 is 1.88 bits per heavy atom. The van der Waals surface area contributed by atoms with Crippen molar-refractivity contribution >= 4 is 17.7 Å². The highest BCUT2D eigenvalue weighted by atomic mass is 16.2. The zero-order valence-electron chi connectivity index (χ0n) is 14.6.